The molecular weight excluding hydrogens is 486 g/mol. The van der Waals surface area contributed by atoms with Gasteiger partial charge in [0.25, 0.3) is 0 Å². The molecule has 196 valence electrons. The van der Waals surface area contributed by atoms with Crippen molar-refractivity contribution in [3.05, 3.63) is 96.6 Å². The molecule has 0 bridgehead atoms. The Kier molecular flexibility index (Phi) is 7.36. The topological polar surface area (TPSA) is 125 Å². The lowest BCUT2D eigenvalue weighted by Gasteiger charge is -2.07. The van der Waals surface area contributed by atoms with Gasteiger partial charge in [0.1, 0.15) is 5.69 Å². The minimum Gasteiger partial charge on any atom is -0.399 e. The number of aryl methyl sites for hydroxylation is 1. The van der Waals surface area contributed by atoms with Crippen molar-refractivity contribution < 1.29 is 4.79 Å². The maximum absolute atomic E-state index is 12.2. The maximum atomic E-state index is 12.2. The van der Waals surface area contributed by atoms with Gasteiger partial charge < -0.3 is 16.0 Å². The van der Waals surface area contributed by atoms with Gasteiger partial charge in [-0.15, -0.1) is 0 Å². The molecule has 0 fully saturated rings. The number of aromatic amines is 2. The lowest BCUT2D eigenvalue weighted by Crippen LogP contribution is -2.11. The minimum atomic E-state index is -0.00423. The number of imidazole rings is 1. The van der Waals surface area contributed by atoms with E-state index in [2.05, 4.69) is 45.1 Å². The first kappa shape index (κ1) is 25.7. The third-order valence-electron chi connectivity index (χ3n) is 6.52. The summed E-state index contributed by atoms with van der Waals surface area (Å²) in [6.45, 7) is 7.94. The van der Waals surface area contributed by atoms with Crippen LogP contribution in [-0.2, 0) is 4.79 Å². The average molecular weight is 518 g/mol. The summed E-state index contributed by atoms with van der Waals surface area (Å²) in [6, 6.07) is 15.7. The minimum absolute atomic E-state index is 0.00423. The van der Waals surface area contributed by atoms with E-state index in [4.69, 9.17) is 10.7 Å². The number of carbonyl (C=O) groups excluding carboxylic acids is 1. The lowest BCUT2D eigenvalue weighted by atomic mass is 10.0. The molecule has 5 rings (SSSR count). The van der Waals surface area contributed by atoms with Crippen molar-refractivity contribution in [1.82, 2.24) is 25.1 Å². The van der Waals surface area contributed by atoms with Crippen molar-refractivity contribution in [2.75, 3.05) is 11.1 Å². The van der Waals surface area contributed by atoms with Crippen LogP contribution in [0, 0.1) is 6.92 Å². The average Bonchev–Trinajstić information content (AvgIpc) is 3.53. The fourth-order valence-electron chi connectivity index (χ4n) is 4.57. The zero-order chi connectivity index (χ0) is 27.4. The Balaban J connectivity index is 1.50. The van der Waals surface area contributed by atoms with Crippen molar-refractivity contribution in [2.45, 2.75) is 33.1 Å². The number of nitrogen functional groups attached to an aromatic ring is 1. The highest BCUT2D eigenvalue weighted by atomic mass is 16.1. The van der Waals surface area contributed by atoms with Crippen molar-refractivity contribution in [2.24, 2.45) is 0 Å². The summed E-state index contributed by atoms with van der Waals surface area (Å²) in [6.07, 6.45) is 9.46. The van der Waals surface area contributed by atoms with Gasteiger partial charge in [-0.1, -0.05) is 50.3 Å². The normalized spacial score (nSPS) is 11.6. The molecule has 0 aliphatic rings. The Hall–Kier alpha value is -4.98. The molecule has 0 aliphatic heterocycles. The van der Waals surface area contributed by atoms with Crippen LogP contribution < -0.4 is 11.1 Å². The van der Waals surface area contributed by atoms with E-state index < -0.39 is 0 Å². The Morgan fingerprint density at radius 3 is 2.79 bits per heavy atom. The van der Waals surface area contributed by atoms with Gasteiger partial charge >= 0.3 is 0 Å². The van der Waals surface area contributed by atoms with Gasteiger partial charge in [-0.05, 0) is 54.8 Å². The molecule has 39 heavy (non-hydrogen) atoms. The zero-order valence-corrected chi connectivity index (χ0v) is 22.1. The van der Waals surface area contributed by atoms with Gasteiger partial charge in [0.05, 0.1) is 23.1 Å². The van der Waals surface area contributed by atoms with Crippen LogP contribution in [0.2, 0.25) is 0 Å². The van der Waals surface area contributed by atoms with Crippen LogP contribution in [0.3, 0.4) is 0 Å². The van der Waals surface area contributed by atoms with Gasteiger partial charge in [0, 0.05) is 40.5 Å². The molecule has 0 unspecified atom stereocenters. The highest BCUT2D eigenvalue weighted by Crippen LogP contribution is 2.33. The molecular formula is C31H31N7O. The molecule has 0 aliphatic carbocycles. The van der Waals surface area contributed by atoms with Crippen LogP contribution in [0.4, 0.5) is 11.4 Å². The zero-order valence-electron chi connectivity index (χ0n) is 22.1. The number of carbonyl (C=O) groups is 1. The van der Waals surface area contributed by atoms with E-state index in [1.54, 1.807) is 18.5 Å². The second-order valence-corrected chi connectivity index (χ2v) is 9.45. The number of fused-ring (bicyclic) bond motifs is 1. The second kappa shape index (κ2) is 11.2. The number of allylic oxidation sites excluding steroid dienone is 2. The number of rotatable bonds is 9. The largest absolute Gasteiger partial charge is 0.399 e. The number of hydrogen-bond acceptors (Lipinski definition) is 5. The number of anilines is 2. The predicted molar refractivity (Wildman–Crippen MR) is 158 cm³/mol. The number of hydrogen-bond donors (Lipinski definition) is 4. The first-order valence-electron chi connectivity index (χ1n) is 13.0. The highest BCUT2D eigenvalue weighted by Gasteiger charge is 2.18. The van der Waals surface area contributed by atoms with E-state index in [-0.39, 0.29) is 5.91 Å². The summed E-state index contributed by atoms with van der Waals surface area (Å²) >= 11 is 0. The molecule has 8 heteroatoms. The number of H-pyrrole nitrogens is 2. The third-order valence-corrected chi connectivity index (χ3v) is 6.52. The number of unbranched alkanes of at least 4 members (excludes halogenated alkanes) is 1. The van der Waals surface area contributed by atoms with Crippen molar-refractivity contribution >= 4 is 33.8 Å². The number of pyridine rings is 1. The van der Waals surface area contributed by atoms with E-state index in [0.29, 0.717) is 29.3 Å². The van der Waals surface area contributed by atoms with Gasteiger partial charge in [-0.3, -0.25) is 14.9 Å². The number of benzene rings is 2. The number of amides is 1. The van der Waals surface area contributed by atoms with Gasteiger partial charge in [0.15, 0.2) is 5.82 Å². The summed E-state index contributed by atoms with van der Waals surface area (Å²) in [5, 5.41) is 11.6. The Morgan fingerprint density at radius 2 is 2.00 bits per heavy atom. The van der Waals surface area contributed by atoms with E-state index in [1.165, 1.54) is 0 Å². The standard InChI is InChI=1S/C31H31N7O/c1-4-6-11-28(39)35-24-15-22(17-33-18-24)20-12-13-27-26(16-20)30(38-37-27)31-34-19(3)29(36-31)25(8-5-2)21-9-7-10-23(32)14-21/h5,7-10,12-18H,2,4,6,11,32H2,1,3H3,(H,34,36)(H,35,39)(H,37,38)/b25-8-. The molecule has 0 atom stereocenters. The first-order chi connectivity index (χ1) is 19.0. The molecule has 3 heterocycles. The summed E-state index contributed by atoms with van der Waals surface area (Å²) in [5.74, 6) is 0.648. The SMILES string of the molecule is C=C/C=C(/c1cccc(N)c1)c1nc(-c2n[nH]c3ccc(-c4cncc(NC(=O)CCCC)c4)cc23)[nH]c1C. The van der Waals surface area contributed by atoms with Crippen molar-refractivity contribution in [3.63, 3.8) is 0 Å². The monoisotopic (exact) mass is 517 g/mol. The fraction of sp³-hybridized carbons (Fsp3) is 0.161. The van der Waals surface area contributed by atoms with Crippen LogP contribution >= 0.6 is 0 Å². The van der Waals surface area contributed by atoms with Crippen LogP contribution in [0.15, 0.2) is 79.7 Å². The Labute approximate surface area is 227 Å². The lowest BCUT2D eigenvalue weighted by molar-refractivity contribution is -0.116. The van der Waals surface area contributed by atoms with Crippen LogP contribution in [0.5, 0.6) is 0 Å². The van der Waals surface area contributed by atoms with Gasteiger partial charge in [-0.2, -0.15) is 5.10 Å². The first-order valence-corrected chi connectivity index (χ1v) is 13.0. The Morgan fingerprint density at radius 1 is 1.13 bits per heavy atom. The van der Waals surface area contributed by atoms with E-state index in [1.807, 2.05) is 55.5 Å². The number of nitrogens with zero attached hydrogens (tertiary/aromatic N) is 3. The summed E-state index contributed by atoms with van der Waals surface area (Å²) in [7, 11) is 0. The van der Waals surface area contributed by atoms with E-state index >= 15 is 0 Å². The third kappa shape index (κ3) is 5.50. The summed E-state index contributed by atoms with van der Waals surface area (Å²) in [5.41, 5.74) is 14.4. The summed E-state index contributed by atoms with van der Waals surface area (Å²) < 4.78 is 0. The van der Waals surface area contributed by atoms with Gasteiger partial charge in [0.2, 0.25) is 5.91 Å². The molecule has 1 amide bonds. The quantitative estimate of drug-likeness (QED) is 0.129. The van der Waals surface area contributed by atoms with E-state index in [0.717, 1.165) is 57.4 Å². The molecule has 0 saturated heterocycles. The molecule has 5 aromatic rings. The fourth-order valence-corrected chi connectivity index (χ4v) is 4.57. The predicted octanol–water partition coefficient (Wildman–Crippen LogP) is 6.65. The smallest absolute Gasteiger partial charge is 0.224 e. The molecule has 3 aromatic heterocycles. The highest BCUT2D eigenvalue weighted by molar-refractivity contribution is 5.95. The Bertz CT molecular complexity index is 1690. The molecule has 0 radical (unpaired) electrons. The number of aromatic nitrogens is 5. The molecule has 2 aromatic carbocycles. The van der Waals surface area contributed by atoms with Crippen LogP contribution in [0.25, 0.3) is 39.1 Å². The van der Waals surface area contributed by atoms with E-state index in [9.17, 15) is 4.79 Å². The molecule has 5 N–H and O–H groups in total. The number of nitrogens with two attached hydrogens (primary N) is 1. The summed E-state index contributed by atoms with van der Waals surface area (Å²) in [4.78, 5) is 24.9. The molecule has 8 nitrogen and oxygen atoms in total. The van der Waals surface area contributed by atoms with Crippen LogP contribution in [0.1, 0.15) is 43.1 Å². The van der Waals surface area contributed by atoms with Crippen molar-refractivity contribution in [3.8, 4) is 22.6 Å². The molecule has 0 spiro atoms. The van der Waals surface area contributed by atoms with Crippen molar-refractivity contribution in [1.29, 1.82) is 0 Å². The van der Waals surface area contributed by atoms with Gasteiger partial charge in [-0.25, -0.2) is 4.98 Å². The van der Waals surface area contributed by atoms with Crippen LogP contribution in [-0.4, -0.2) is 31.1 Å². The number of nitrogens with one attached hydrogen (secondary N) is 3. The molecule has 0 saturated carbocycles. The second-order valence-electron chi connectivity index (χ2n) is 9.45. The maximum Gasteiger partial charge on any atom is 0.224 e.